The number of aromatic amines is 1. The van der Waals surface area contributed by atoms with Gasteiger partial charge in [-0.1, -0.05) is 0 Å². The zero-order valence-electron chi connectivity index (χ0n) is 15.0. The number of pyridine rings is 1. The minimum absolute atomic E-state index is 0.169. The van der Waals surface area contributed by atoms with Crippen LogP contribution in [0.25, 0.3) is 22.6 Å². The normalized spacial score (nSPS) is 16.5. The molecule has 1 aliphatic heterocycles. The predicted octanol–water partition coefficient (Wildman–Crippen LogP) is 3.40. The van der Waals surface area contributed by atoms with Crippen LogP contribution in [0.2, 0.25) is 0 Å². The molecule has 0 saturated carbocycles. The number of dihydropyridines is 1. The Hall–Kier alpha value is -3.55. The number of benzene rings is 1. The third-order valence-electron chi connectivity index (χ3n) is 4.53. The fourth-order valence-corrected chi connectivity index (χ4v) is 3.11. The number of halogens is 2. The highest BCUT2D eigenvalue weighted by molar-refractivity contribution is 5.96. The van der Waals surface area contributed by atoms with Crippen molar-refractivity contribution in [2.45, 2.75) is 5.92 Å². The smallest absolute Gasteiger partial charge is 0.161 e. The number of imidazole rings is 1. The van der Waals surface area contributed by atoms with Crippen LogP contribution in [0.5, 0.6) is 0 Å². The molecule has 3 N–H and O–H groups in total. The van der Waals surface area contributed by atoms with Gasteiger partial charge in [0.15, 0.2) is 23.2 Å². The lowest BCUT2D eigenvalue weighted by Crippen LogP contribution is -2.23. The zero-order valence-corrected chi connectivity index (χ0v) is 15.0. The lowest BCUT2D eigenvalue weighted by atomic mass is 9.98. The number of nitrogens with two attached hydrogens (primary N) is 1. The van der Waals surface area contributed by atoms with Crippen molar-refractivity contribution in [2.24, 2.45) is 10.7 Å². The Morgan fingerprint density at radius 1 is 1.11 bits per heavy atom. The van der Waals surface area contributed by atoms with Crippen LogP contribution in [0.4, 0.5) is 8.78 Å². The largest absolute Gasteiger partial charge is 0.493 e. The van der Waals surface area contributed by atoms with Gasteiger partial charge in [0, 0.05) is 29.4 Å². The van der Waals surface area contributed by atoms with Gasteiger partial charge in [0.1, 0.15) is 5.82 Å². The molecule has 1 unspecified atom stereocenters. The summed E-state index contributed by atoms with van der Waals surface area (Å²) in [5, 5.41) is 0. The number of H-pyrrole nitrogens is 1. The van der Waals surface area contributed by atoms with E-state index in [0.29, 0.717) is 35.2 Å². The molecule has 0 aliphatic carbocycles. The minimum atomic E-state index is -0.933. The van der Waals surface area contributed by atoms with Gasteiger partial charge in [-0.3, -0.25) is 9.98 Å². The molecule has 8 heteroatoms. The van der Waals surface area contributed by atoms with Gasteiger partial charge in [-0.15, -0.1) is 0 Å². The summed E-state index contributed by atoms with van der Waals surface area (Å²) in [6.07, 6.45) is 5.20. The number of methoxy groups -OCH3 is 1. The lowest BCUT2D eigenvalue weighted by molar-refractivity contribution is 0.309. The number of amidine groups is 1. The van der Waals surface area contributed by atoms with Gasteiger partial charge in [0.05, 0.1) is 25.0 Å². The lowest BCUT2D eigenvalue weighted by Gasteiger charge is -2.18. The summed E-state index contributed by atoms with van der Waals surface area (Å²) in [6.45, 7) is 0.413. The van der Waals surface area contributed by atoms with E-state index in [-0.39, 0.29) is 5.92 Å². The van der Waals surface area contributed by atoms with Gasteiger partial charge in [0.25, 0.3) is 0 Å². The molecule has 0 saturated heterocycles. The average Bonchev–Trinajstić information content (AvgIpc) is 3.16. The van der Waals surface area contributed by atoms with Crippen molar-refractivity contribution in [3.8, 4) is 22.6 Å². The predicted molar refractivity (Wildman–Crippen MR) is 101 cm³/mol. The van der Waals surface area contributed by atoms with E-state index in [1.165, 1.54) is 13.2 Å². The first kappa shape index (κ1) is 17.8. The average molecular weight is 381 g/mol. The molecule has 2 aromatic heterocycles. The van der Waals surface area contributed by atoms with Crippen molar-refractivity contribution in [3.05, 3.63) is 71.9 Å². The second-order valence-electron chi connectivity index (χ2n) is 6.28. The summed E-state index contributed by atoms with van der Waals surface area (Å²) in [7, 11) is 1.53. The highest BCUT2D eigenvalue weighted by atomic mass is 19.2. The molecule has 1 aromatic carbocycles. The van der Waals surface area contributed by atoms with E-state index in [0.717, 1.165) is 23.4 Å². The number of aromatic nitrogens is 3. The number of hydrogen-bond acceptors (Lipinski definition) is 5. The van der Waals surface area contributed by atoms with E-state index in [1.54, 1.807) is 12.4 Å². The Kier molecular flexibility index (Phi) is 4.60. The molecule has 0 radical (unpaired) electrons. The fourth-order valence-electron chi connectivity index (χ4n) is 3.11. The van der Waals surface area contributed by atoms with Gasteiger partial charge in [0.2, 0.25) is 0 Å². The topological polar surface area (TPSA) is 89.2 Å². The zero-order chi connectivity index (χ0) is 19.7. The molecular weight excluding hydrogens is 364 g/mol. The van der Waals surface area contributed by atoms with Gasteiger partial charge >= 0.3 is 0 Å². The number of rotatable bonds is 4. The molecule has 1 atom stereocenters. The first-order chi connectivity index (χ1) is 13.6. The second-order valence-corrected chi connectivity index (χ2v) is 6.28. The van der Waals surface area contributed by atoms with Gasteiger partial charge in [-0.2, -0.15) is 0 Å². The Morgan fingerprint density at radius 3 is 2.61 bits per heavy atom. The molecule has 0 bridgehead atoms. The standard InChI is InChI=1S/C20H17F2N5O/c1-28-16-9-13(10-25-19(16)23)18-17(11-4-6-24-7-5-11)26-20(27-18)12-2-3-14(21)15(22)8-12/h2-9,13H,10H2,1H3,(H2,23,25)(H,26,27). The third-order valence-corrected chi connectivity index (χ3v) is 4.53. The summed E-state index contributed by atoms with van der Waals surface area (Å²) >= 11 is 0. The Balaban J connectivity index is 1.84. The number of aliphatic imine (C=N–C) groups is 1. The molecule has 3 heterocycles. The van der Waals surface area contributed by atoms with E-state index >= 15 is 0 Å². The van der Waals surface area contributed by atoms with Crippen molar-refractivity contribution < 1.29 is 13.5 Å². The Bertz CT molecular complexity index is 1080. The van der Waals surface area contributed by atoms with Crippen LogP contribution < -0.4 is 5.73 Å². The van der Waals surface area contributed by atoms with Crippen LogP contribution >= 0.6 is 0 Å². The van der Waals surface area contributed by atoms with Crippen molar-refractivity contribution >= 4 is 5.84 Å². The van der Waals surface area contributed by atoms with Crippen molar-refractivity contribution in [1.29, 1.82) is 0 Å². The Morgan fingerprint density at radius 2 is 1.89 bits per heavy atom. The summed E-state index contributed by atoms with van der Waals surface area (Å²) in [5.41, 5.74) is 8.58. The van der Waals surface area contributed by atoms with Gasteiger partial charge in [-0.05, 0) is 36.4 Å². The highest BCUT2D eigenvalue weighted by Gasteiger charge is 2.24. The van der Waals surface area contributed by atoms with E-state index in [1.807, 2.05) is 18.2 Å². The van der Waals surface area contributed by atoms with Crippen LogP contribution in [-0.2, 0) is 4.74 Å². The molecule has 4 rings (SSSR count). The maximum Gasteiger partial charge on any atom is 0.161 e. The number of nitrogens with zero attached hydrogens (tertiary/aromatic N) is 3. The quantitative estimate of drug-likeness (QED) is 0.725. The van der Waals surface area contributed by atoms with E-state index < -0.39 is 11.6 Å². The molecule has 0 fully saturated rings. The fraction of sp³-hybridized carbons (Fsp3) is 0.150. The molecule has 6 nitrogen and oxygen atoms in total. The number of hydrogen-bond donors (Lipinski definition) is 2. The molecule has 142 valence electrons. The first-order valence-corrected chi connectivity index (χ1v) is 8.58. The Labute approximate surface area is 159 Å². The molecule has 0 spiro atoms. The monoisotopic (exact) mass is 381 g/mol. The summed E-state index contributed by atoms with van der Waals surface area (Å²) in [5.74, 6) is -0.759. The van der Waals surface area contributed by atoms with Gasteiger partial charge < -0.3 is 15.5 Å². The number of nitrogens with one attached hydrogen (secondary N) is 1. The summed E-state index contributed by atoms with van der Waals surface area (Å²) in [6, 6.07) is 7.33. The third kappa shape index (κ3) is 3.24. The molecule has 28 heavy (non-hydrogen) atoms. The number of ether oxygens (including phenoxy) is 1. The summed E-state index contributed by atoms with van der Waals surface area (Å²) < 4.78 is 32.3. The maximum absolute atomic E-state index is 13.7. The molecule has 0 amide bonds. The van der Waals surface area contributed by atoms with Crippen molar-refractivity contribution in [1.82, 2.24) is 15.0 Å². The van der Waals surface area contributed by atoms with Crippen molar-refractivity contribution in [2.75, 3.05) is 13.7 Å². The molecule has 1 aliphatic rings. The van der Waals surface area contributed by atoms with Crippen molar-refractivity contribution in [3.63, 3.8) is 0 Å². The maximum atomic E-state index is 13.7. The van der Waals surface area contributed by atoms with Crippen LogP contribution in [0, 0.1) is 11.6 Å². The van der Waals surface area contributed by atoms with Gasteiger partial charge in [-0.25, -0.2) is 13.8 Å². The molecular formula is C20H17F2N5O. The van der Waals surface area contributed by atoms with E-state index in [9.17, 15) is 8.78 Å². The summed E-state index contributed by atoms with van der Waals surface area (Å²) in [4.78, 5) is 16.2. The van der Waals surface area contributed by atoms with E-state index in [2.05, 4.69) is 19.9 Å². The second kappa shape index (κ2) is 7.22. The van der Waals surface area contributed by atoms with Crippen LogP contribution in [-0.4, -0.2) is 34.4 Å². The van der Waals surface area contributed by atoms with Crippen LogP contribution in [0.1, 0.15) is 11.6 Å². The highest BCUT2D eigenvalue weighted by Crippen LogP contribution is 2.33. The molecule has 3 aromatic rings. The van der Waals surface area contributed by atoms with Crippen LogP contribution in [0.3, 0.4) is 0 Å². The van der Waals surface area contributed by atoms with E-state index in [4.69, 9.17) is 10.5 Å². The van der Waals surface area contributed by atoms with Crippen LogP contribution in [0.15, 0.2) is 59.6 Å². The first-order valence-electron chi connectivity index (χ1n) is 8.58. The minimum Gasteiger partial charge on any atom is -0.493 e. The SMILES string of the molecule is COC1=CC(c2[nH]c(-c3ccc(F)c(F)c3)nc2-c2ccncc2)CN=C1N.